The summed E-state index contributed by atoms with van der Waals surface area (Å²) >= 11 is 0. The average Bonchev–Trinajstić information content (AvgIpc) is 2.60. The van der Waals surface area contributed by atoms with Crippen molar-refractivity contribution in [2.75, 3.05) is 14.2 Å². The zero-order chi connectivity index (χ0) is 16.6. The third kappa shape index (κ3) is 2.03. The van der Waals surface area contributed by atoms with E-state index in [0.29, 0.717) is 5.06 Å². The zero-order valence-electron chi connectivity index (χ0n) is 12.6. The van der Waals surface area contributed by atoms with Crippen LogP contribution in [0.2, 0.25) is 0 Å². The van der Waals surface area contributed by atoms with Crippen molar-refractivity contribution in [3.63, 3.8) is 0 Å². The summed E-state index contributed by atoms with van der Waals surface area (Å²) < 4.78 is 5.19. The highest BCUT2D eigenvalue weighted by molar-refractivity contribution is 6.17. The number of benzene rings is 2. The average molecular weight is 313 g/mol. The molecule has 6 heteroatoms. The van der Waals surface area contributed by atoms with Crippen molar-refractivity contribution in [3.05, 3.63) is 65.2 Å². The van der Waals surface area contributed by atoms with Crippen molar-refractivity contribution < 1.29 is 24.3 Å². The number of ether oxygens (including phenoxy) is 1. The van der Waals surface area contributed by atoms with Crippen LogP contribution in [0.25, 0.3) is 0 Å². The second-order valence-corrected chi connectivity index (χ2v) is 5.03. The monoisotopic (exact) mass is 313 g/mol. The topological polar surface area (TPSA) is 76.1 Å². The number of hydrogen-bond donors (Lipinski definition) is 1. The summed E-state index contributed by atoms with van der Waals surface area (Å²) in [5.74, 6) is -1.07. The van der Waals surface area contributed by atoms with Gasteiger partial charge in [-0.15, -0.1) is 0 Å². The molecule has 1 heterocycles. The predicted molar refractivity (Wildman–Crippen MR) is 80.8 cm³/mol. The fourth-order valence-electron chi connectivity index (χ4n) is 2.77. The standard InChI is InChI=1S/C17H15NO5/c1-22-13-10-6-9-12-14(13)15(19)17(21,18(23-2)16(12)20)11-7-4-3-5-8-11/h3-10,21H,1-2H3. The van der Waals surface area contributed by atoms with Crippen LogP contribution in [0.5, 0.6) is 5.75 Å². The lowest BCUT2D eigenvalue weighted by atomic mass is 9.86. The summed E-state index contributed by atoms with van der Waals surface area (Å²) in [6.45, 7) is 0. The minimum Gasteiger partial charge on any atom is -0.496 e. The van der Waals surface area contributed by atoms with Gasteiger partial charge in [0, 0.05) is 5.56 Å². The maximum absolute atomic E-state index is 13.0. The molecule has 0 radical (unpaired) electrons. The Hall–Kier alpha value is -2.70. The second kappa shape index (κ2) is 5.49. The molecule has 1 unspecified atom stereocenters. The van der Waals surface area contributed by atoms with Crippen LogP contribution in [0.4, 0.5) is 0 Å². The van der Waals surface area contributed by atoms with E-state index < -0.39 is 17.4 Å². The quantitative estimate of drug-likeness (QED) is 0.934. The van der Waals surface area contributed by atoms with E-state index in [2.05, 4.69) is 0 Å². The maximum atomic E-state index is 13.0. The molecule has 0 fully saturated rings. The molecule has 1 atom stereocenters. The van der Waals surface area contributed by atoms with Crippen molar-refractivity contribution in [2.24, 2.45) is 0 Å². The first-order chi connectivity index (χ1) is 11.1. The van der Waals surface area contributed by atoms with E-state index in [-0.39, 0.29) is 22.4 Å². The van der Waals surface area contributed by atoms with Gasteiger partial charge in [-0.25, -0.2) is 0 Å². The van der Waals surface area contributed by atoms with Gasteiger partial charge in [0.25, 0.3) is 11.6 Å². The van der Waals surface area contributed by atoms with E-state index in [1.807, 2.05) is 0 Å². The number of ketones is 1. The number of hydrogen-bond acceptors (Lipinski definition) is 5. The molecule has 6 nitrogen and oxygen atoms in total. The molecular weight excluding hydrogens is 298 g/mol. The number of amides is 1. The van der Waals surface area contributed by atoms with Crippen LogP contribution in [-0.4, -0.2) is 36.1 Å². The van der Waals surface area contributed by atoms with E-state index in [4.69, 9.17) is 9.57 Å². The highest BCUT2D eigenvalue weighted by Crippen LogP contribution is 2.40. The molecule has 1 N–H and O–H groups in total. The Morgan fingerprint density at radius 2 is 1.70 bits per heavy atom. The Labute approximate surface area is 132 Å². The molecule has 2 aromatic rings. The molecule has 23 heavy (non-hydrogen) atoms. The Bertz CT molecular complexity index is 774. The third-order valence-electron chi connectivity index (χ3n) is 3.86. The van der Waals surface area contributed by atoms with Crippen molar-refractivity contribution in [1.82, 2.24) is 5.06 Å². The van der Waals surface area contributed by atoms with Gasteiger partial charge in [0.15, 0.2) is 0 Å². The number of aliphatic hydroxyl groups is 1. The molecule has 0 saturated heterocycles. The normalized spacial score (nSPS) is 20.4. The molecule has 3 rings (SSSR count). The van der Waals surface area contributed by atoms with Crippen LogP contribution in [0.3, 0.4) is 0 Å². The SMILES string of the molecule is COc1cccc2c1C(=O)C(O)(c1ccccc1)N(OC)C2=O. The number of carbonyl (C=O) groups is 2. The van der Waals surface area contributed by atoms with Gasteiger partial charge in [0.05, 0.1) is 25.3 Å². The number of Topliss-reactive ketones (excluding diaryl/α,β-unsaturated/α-hetero) is 1. The van der Waals surface area contributed by atoms with Gasteiger partial charge in [-0.3, -0.25) is 14.4 Å². The molecule has 0 bridgehead atoms. The van der Waals surface area contributed by atoms with E-state index in [0.717, 1.165) is 0 Å². The van der Waals surface area contributed by atoms with Gasteiger partial charge < -0.3 is 9.84 Å². The highest BCUT2D eigenvalue weighted by atomic mass is 16.7. The van der Waals surface area contributed by atoms with Crippen molar-refractivity contribution in [1.29, 1.82) is 0 Å². The Morgan fingerprint density at radius 1 is 1.00 bits per heavy atom. The first-order valence-corrected chi connectivity index (χ1v) is 6.94. The Kier molecular flexibility index (Phi) is 3.63. The molecule has 0 spiro atoms. The molecule has 118 valence electrons. The summed E-state index contributed by atoms with van der Waals surface area (Å²) in [5, 5.41) is 11.8. The molecular formula is C17H15NO5. The fraction of sp³-hybridized carbons (Fsp3) is 0.176. The van der Waals surface area contributed by atoms with Crippen LogP contribution >= 0.6 is 0 Å². The zero-order valence-corrected chi connectivity index (χ0v) is 12.6. The lowest BCUT2D eigenvalue weighted by Gasteiger charge is -2.40. The van der Waals surface area contributed by atoms with Crippen LogP contribution < -0.4 is 4.74 Å². The largest absolute Gasteiger partial charge is 0.496 e. The number of carbonyl (C=O) groups excluding carboxylic acids is 2. The summed E-state index contributed by atoms with van der Waals surface area (Å²) in [6, 6.07) is 12.8. The number of nitrogens with zero attached hydrogens (tertiary/aromatic N) is 1. The predicted octanol–water partition coefficient (Wildman–Crippen LogP) is 1.74. The molecule has 1 amide bonds. The van der Waals surface area contributed by atoms with Gasteiger partial charge in [0.2, 0.25) is 5.78 Å². The first-order valence-electron chi connectivity index (χ1n) is 6.94. The van der Waals surface area contributed by atoms with Crippen LogP contribution in [0.15, 0.2) is 48.5 Å². The van der Waals surface area contributed by atoms with Gasteiger partial charge >= 0.3 is 0 Å². The highest BCUT2D eigenvalue weighted by Gasteiger charge is 2.54. The number of methoxy groups -OCH3 is 1. The van der Waals surface area contributed by atoms with Gasteiger partial charge in [-0.05, 0) is 12.1 Å². The van der Waals surface area contributed by atoms with Crippen LogP contribution in [0, 0.1) is 0 Å². The molecule has 1 aliphatic heterocycles. The van der Waals surface area contributed by atoms with Gasteiger partial charge in [-0.1, -0.05) is 36.4 Å². The molecule has 0 aromatic heterocycles. The summed E-state index contributed by atoms with van der Waals surface area (Å²) in [5.41, 5.74) is -1.86. The fourth-order valence-corrected chi connectivity index (χ4v) is 2.77. The van der Waals surface area contributed by atoms with Crippen molar-refractivity contribution >= 4 is 11.7 Å². The molecule has 0 aliphatic carbocycles. The lowest BCUT2D eigenvalue weighted by molar-refractivity contribution is -0.227. The van der Waals surface area contributed by atoms with E-state index in [9.17, 15) is 14.7 Å². The maximum Gasteiger partial charge on any atom is 0.281 e. The Balaban J connectivity index is 2.30. The molecule has 1 aliphatic rings. The second-order valence-electron chi connectivity index (χ2n) is 5.03. The van der Waals surface area contributed by atoms with Crippen LogP contribution in [-0.2, 0) is 10.6 Å². The summed E-state index contributed by atoms with van der Waals surface area (Å²) in [4.78, 5) is 30.8. The van der Waals surface area contributed by atoms with Gasteiger partial charge in [-0.2, -0.15) is 5.06 Å². The summed E-state index contributed by atoms with van der Waals surface area (Å²) in [6.07, 6.45) is 0. The molecule has 2 aromatic carbocycles. The van der Waals surface area contributed by atoms with E-state index in [1.54, 1.807) is 42.5 Å². The first kappa shape index (κ1) is 15.2. The third-order valence-corrected chi connectivity index (χ3v) is 3.86. The number of fused-ring (bicyclic) bond motifs is 1. The van der Waals surface area contributed by atoms with E-state index >= 15 is 0 Å². The minimum absolute atomic E-state index is 0.0413. The number of rotatable bonds is 3. The van der Waals surface area contributed by atoms with Gasteiger partial charge in [0.1, 0.15) is 5.75 Å². The van der Waals surface area contributed by atoms with Crippen LogP contribution in [0.1, 0.15) is 26.3 Å². The molecule has 0 saturated carbocycles. The Morgan fingerprint density at radius 3 is 2.30 bits per heavy atom. The summed E-state index contributed by atoms with van der Waals surface area (Å²) in [7, 11) is 2.63. The van der Waals surface area contributed by atoms with Crippen molar-refractivity contribution in [2.45, 2.75) is 5.72 Å². The van der Waals surface area contributed by atoms with Crippen molar-refractivity contribution in [3.8, 4) is 5.75 Å². The lowest BCUT2D eigenvalue weighted by Crippen LogP contribution is -2.57. The number of hydroxylamine groups is 2. The smallest absolute Gasteiger partial charge is 0.281 e. The minimum atomic E-state index is -2.26. The van der Waals surface area contributed by atoms with E-state index in [1.165, 1.54) is 20.3 Å².